The van der Waals surface area contributed by atoms with Crippen molar-refractivity contribution >= 4 is 11.7 Å². The zero-order valence-electron chi connectivity index (χ0n) is 11.6. The van der Waals surface area contributed by atoms with E-state index in [2.05, 4.69) is 9.97 Å². The molecule has 1 fully saturated rings. The van der Waals surface area contributed by atoms with Crippen molar-refractivity contribution in [3.8, 4) is 5.88 Å². The number of amides is 1. The van der Waals surface area contributed by atoms with Gasteiger partial charge in [-0.25, -0.2) is 9.97 Å². The number of hydrogen-bond donors (Lipinski definition) is 0. The maximum absolute atomic E-state index is 11.9. The summed E-state index contributed by atoms with van der Waals surface area (Å²) in [6.45, 7) is 2.86. The number of aromatic nitrogens is 2. The molecule has 0 radical (unpaired) electrons. The molecule has 1 aliphatic rings. The van der Waals surface area contributed by atoms with E-state index >= 15 is 0 Å². The molecule has 108 valence electrons. The van der Waals surface area contributed by atoms with Crippen molar-refractivity contribution in [3.63, 3.8) is 0 Å². The van der Waals surface area contributed by atoms with Gasteiger partial charge >= 0.3 is 0 Å². The molecule has 1 aromatic rings. The first-order valence-electron chi connectivity index (χ1n) is 6.85. The molecule has 0 bridgehead atoms. The van der Waals surface area contributed by atoms with Crippen LogP contribution < -0.4 is 4.74 Å². The van der Waals surface area contributed by atoms with Crippen LogP contribution >= 0.6 is 0 Å². The Morgan fingerprint density at radius 3 is 2.70 bits per heavy atom. The lowest BCUT2D eigenvalue weighted by atomic mass is 10.1. The van der Waals surface area contributed by atoms with Crippen LogP contribution in [0.25, 0.3) is 0 Å². The number of rotatable bonds is 5. The van der Waals surface area contributed by atoms with Gasteiger partial charge in [-0.15, -0.1) is 0 Å². The van der Waals surface area contributed by atoms with Crippen molar-refractivity contribution < 1.29 is 14.3 Å². The SMILES string of the molecule is CC(=O)CCC(=O)N1CCC(Oc2ccncn2)CC1. The summed E-state index contributed by atoms with van der Waals surface area (Å²) >= 11 is 0. The monoisotopic (exact) mass is 277 g/mol. The number of ketones is 1. The number of nitrogens with zero attached hydrogens (tertiary/aromatic N) is 3. The summed E-state index contributed by atoms with van der Waals surface area (Å²) in [6, 6.07) is 1.73. The van der Waals surface area contributed by atoms with Crippen molar-refractivity contribution in [2.24, 2.45) is 0 Å². The molecular weight excluding hydrogens is 258 g/mol. The largest absolute Gasteiger partial charge is 0.474 e. The molecule has 2 rings (SSSR count). The van der Waals surface area contributed by atoms with Crippen molar-refractivity contribution in [3.05, 3.63) is 18.6 Å². The summed E-state index contributed by atoms with van der Waals surface area (Å²) in [5.41, 5.74) is 0. The van der Waals surface area contributed by atoms with Crippen LogP contribution in [0.3, 0.4) is 0 Å². The molecular formula is C14H19N3O3. The van der Waals surface area contributed by atoms with Gasteiger partial charge in [0.05, 0.1) is 0 Å². The van der Waals surface area contributed by atoms with Crippen LogP contribution in [-0.2, 0) is 9.59 Å². The Kier molecular flexibility index (Phi) is 5.03. The van der Waals surface area contributed by atoms with Gasteiger partial charge in [0.2, 0.25) is 11.8 Å². The van der Waals surface area contributed by atoms with Gasteiger partial charge < -0.3 is 14.4 Å². The van der Waals surface area contributed by atoms with Gasteiger partial charge in [0.25, 0.3) is 0 Å². The second kappa shape index (κ2) is 6.98. The number of Topliss-reactive ketones (excluding diaryl/α,β-unsaturated/α-hetero) is 1. The second-order valence-electron chi connectivity index (χ2n) is 4.95. The Morgan fingerprint density at radius 2 is 2.10 bits per heavy atom. The molecule has 6 nitrogen and oxygen atoms in total. The molecule has 1 aromatic heterocycles. The van der Waals surface area contributed by atoms with E-state index in [0.29, 0.717) is 31.8 Å². The van der Waals surface area contributed by atoms with Crippen molar-refractivity contribution in [1.82, 2.24) is 14.9 Å². The van der Waals surface area contributed by atoms with E-state index in [-0.39, 0.29) is 17.8 Å². The summed E-state index contributed by atoms with van der Waals surface area (Å²) in [4.78, 5) is 32.4. The fraction of sp³-hybridized carbons (Fsp3) is 0.571. The maximum Gasteiger partial charge on any atom is 0.223 e. The fourth-order valence-corrected chi connectivity index (χ4v) is 2.18. The molecule has 0 unspecified atom stereocenters. The first kappa shape index (κ1) is 14.4. The molecule has 20 heavy (non-hydrogen) atoms. The smallest absolute Gasteiger partial charge is 0.223 e. The van der Waals surface area contributed by atoms with Gasteiger partial charge in [-0.1, -0.05) is 0 Å². The van der Waals surface area contributed by atoms with Crippen molar-refractivity contribution in [1.29, 1.82) is 0 Å². The Hall–Kier alpha value is -1.98. The Bertz CT molecular complexity index is 456. The Labute approximate surface area is 118 Å². The highest BCUT2D eigenvalue weighted by Gasteiger charge is 2.24. The Balaban J connectivity index is 1.75. The van der Waals surface area contributed by atoms with Crippen LogP contribution in [0.4, 0.5) is 0 Å². The first-order valence-corrected chi connectivity index (χ1v) is 6.85. The zero-order chi connectivity index (χ0) is 14.4. The van der Waals surface area contributed by atoms with E-state index in [4.69, 9.17) is 4.74 Å². The second-order valence-corrected chi connectivity index (χ2v) is 4.95. The minimum absolute atomic E-state index is 0.0559. The molecule has 0 saturated carbocycles. The van der Waals surface area contributed by atoms with E-state index in [1.54, 1.807) is 12.3 Å². The van der Waals surface area contributed by atoms with E-state index in [0.717, 1.165) is 12.8 Å². The molecule has 1 aliphatic heterocycles. The molecule has 0 N–H and O–H groups in total. The lowest BCUT2D eigenvalue weighted by Crippen LogP contribution is -2.41. The topological polar surface area (TPSA) is 72.4 Å². The third kappa shape index (κ3) is 4.29. The summed E-state index contributed by atoms with van der Waals surface area (Å²) < 4.78 is 5.74. The lowest BCUT2D eigenvalue weighted by Gasteiger charge is -2.31. The standard InChI is InChI=1S/C14H19N3O3/c1-11(18)2-3-14(19)17-8-5-12(6-9-17)20-13-4-7-15-10-16-13/h4,7,10,12H,2-3,5-6,8-9H2,1H3. The highest BCUT2D eigenvalue weighted by Crippen LogP contribution is 2.17. The summed E-state index contributed by atoms with van der Waals surface area (Å²) in [5, 5.41) is 0. The van der Waals surface area contributed by atoms with Crippen molar-refractivity contribution in [2.45, 2.75) is 38.7 Å². The van der Waals surface area contributed by atoms with Crippen molar-refractivity contribution in [2.75, 3.05) is 13.1 Å². The van der Waals surface area contributed by atoms with Crippen LogP contribution in [-0.4, -0.2) is 45.8 Å². The molecule has 0 aliphatic carbocycles. The minimum Gasteiger partial charge on any atom is -0.474 e. The summed E-state index contributed by atoms with van der Waals surface area (Å²) in [6.07, 6.45) is 5.40. The van der Waals surface area contributed by atoms with Gasteiger partial charge in [0.1, 0.15) is 18.2 Å². The number of ether oxygens (including phenoxy) is 1. The average Bonchev–Trinajstić information content (AvgIpc) is 2.46. The predicted molar refractivity (Wildman–Crippen MR) is 72.2 cm³/mol. The fourth-order valence-electron chi connectivity index (χ4n) is 2.18. The predicted octanol–water partition coefficient (Wildman–Crippen LogP) is 1.22. The molecule has 1 amide bonds. The number of carbonyl (C=O) groups excluding carboxylic acids is 2. The summed E-state index contributed by atoms with van der Waals surface area (Å²) in [5.74, 6) is 0.683. The highest BCUT2D eigenvalue weighted by atomic mass is 16.5. The van der Waals surface area contributed by atoms with Gasteiger partial charge in [0.15, 0.2) is 0 Å². The average molecular weight is 277 g/mol. The van der Waals surface area contributed by atoms with Gasteiger partial charge in [-0.2, -0.15) is 0 Å². The van der Waals surface area contributed by atoms with Crippen LogP contribution in [0.5, 0.6) is 5.88 Å². The quantitative estimate of drug-likeness (QED) is 0.809. The van der Waals surface area contributed by atoms with Crippen LogP contribution in [0.2, 0.25) is 0 Å². The van der Waals surface area contributed by atoms with Crippen LogP contribution in [0, 0.1) is 0 Å². The van der Waals surface area contributed by atoms with Gasteiger partial charge in [0, 0.05) is 51.0 Å². The van der Waals surface area contributed by atoms with E-state index in [1.807, 2.05) is 4.90 Å². The molecule has 1 saturated heterocycles. The molecule has 0 spiro atoms. The lowest BCUT2D eigenvalue weighted by molar-refractivity contribution is -0.134. The maximum atomic E-state index is 11.9. The van der Waals surface area contributed by atoms with Crippen LogP contribution in [0.15, 0.2) is 18.6 Å². The number of hydrogen-bond acceptors (Lipinski definition) is 5. The van der Waals surface area contributed by atoms with Crippen LogP contribution in [0.1, 0.15) is 32.6 Å². The Morgan fingerprint density at radius 1 is 1.35 bits per heavy atom. The molecule has 6 heteroatoms. The van der Waals surface area contributed by atoms with E-state index < -0.39 is 0 Å². The van der Waals surface area contributed by atoms with Gasteiger partial charge in [-0.3, -0.25) is 4.79 Å². The summed E-state index contributed by atoms with van der Waals surface area (Å²) in [7, 11) is 0. The zero-order valence-corrected chi connectivity index (χ0v) is 11.6. The molecule has 0 aromatic carbocycles. The number of carbonyl (C=O) groups is 2. The normalized spacial score (nSPS) is 15.9. The molecule has 2 heterocycles. The third-order valence-electron chi connectivity index (χ3n) is 3.33. The first-order chi connectivity index (χ1) is 9.65. The van der Waals surface area contributed by atoms with Gasteiger partial charge in [-0.05, 0) is 6.92 Å². The van der Waals surface area contributed by atoms with E-state index in [1.165, 1.54) is 13.3 Å². The highest BCUT2D eigenvalue weighted by molar-refractivity contribution is 5.83. The van der Waals surface area contributed by atoms with E-state index in [9.17, 15) is 9.59 Å². The number of piperidine rings is 1. The minimum atomic E-state index is 0.0559. The molecule has 0 atom stereocenters. The number of likely N-dealkylation sites (tertiary alicyclic amines) is 1. The third-order valence-corrected chi connectivity index (χ3v) is 3.33.